The van der Waals surface area contributed by atoms with Gasteiger partial charge in [0.25, 0.3) is 0 Å². The second-order valence-corrected chi connectivity index (χ2v) is 4.81. The van der Waals surface area contributed by atoms with Gasteiger partial charge in [0.2, 0.25) is 5.88 Å². The molecular weight excluding hydrogens is 224 g/mol. The summed E-state index contributed by atoms with van der Waals surface area (Å²) in [5.41, 5.74) is 1.21. The molecule has 3 heteroatoms. The van der Waals surface area contributed by atoms with Gasteiger partial charge >= 0.3 is 0 Å². The lowest BCUT2D eigenvalue weighted by molar-refractivity contribution is 0.300. The zero-order valence-electron chi connectivity index (χ0n) is 11.5. The fraction of sp³-hybridized carbons (Fsp3) is 0.533. The highest BCUT2D eigenvalue weighted by Crippen LogP contribution is 2.10. The number of pyridine rings is 1. The van der Waals surface area contributed by atoms with Crippen LogP contribution >= 0.6 is 0 Å². The summed E-state index contributed by atoms with van der Waals surface area (Å²) in [5, 5.41) is 3.41. The maximum Gasteiger partial charge on any atom is 0.213 e. The Hall–Kier alpha value is -1.35. The SMILES string of the molecule is C=CCCCOc1cc(CNCC(C)C)ccn1. The van der Waals surface area contributed by atoms with E-state index in [9.17, 15) is 0 Å². The van der Waals surface area contributed by atoms with Crippen molar-refractivity contribution in [2.75, 3.05) is 13.2 Å². The Morgan fingerprint density at radius 1 is 1.50 bits per heavy atom. The minimum atomic E-state index is 0.668. The first-order chi connectivity index (χ1) is 8.72. The monoisotopic (exact) mass is 248 g/mol. The van der Waals surface area contributed by atoms with Gasteiger partial charge in [0.1, 0.15) is 0 Å². The van der Waals surface area contributed by atoms with Crippen LogP contribution < -0.4 is 10.1 Å². The first kappa shape index (κ1) is 14.7. The fourth-order valence-electron chi connectivity index (χ4n) is 1.55. The van der Waals surface area contributed by atoms with Crippen molar-refractivity contribution in [3.63, 3.8) is 0 Å². The van der Waals surface area contributed by atoms with E-state index in [1.165, 1.54) is 5.56 Å². The molecule has 0 saturated carbocycles. The molecule has 0 bridgehead atoms. The predicted molar refractivity (Wildman–Crippen MR) is 75.7 cm³/mol. The smallest absolute Gasteiger partial charge is 0.213 e. The van der Waals surface area contributed by atoms with Crippen LogP contribution in [-0.4, -0.2) is 18.1 Å². The highest BCUT2D eigenvalue weighted by Gasteiger charge is 1.99. The van der Waals surface area contributed by atoms with Gasteiger partial charge in [-0.3, -0.25) is 0 Å². The van der Waals surface area contributed by atoms with Gasteiger partial charge < -0.3 is 10.1 Å². The van der Waals surface area contributed by atoms with Crippen molar-refractivity contribution in [2.24, 2.45) is 5.92 Å². The molecule has 0 atom stereocenters. The summed E-state index contributed by atoms with van der Waals surface area (Å²) in [7, 11) is 0. The molecule has 1 aromatic rings. The van der Waals surface area contributed by atoms with Crippen LogP contribution in [0.3, 0.4) is 0 Å². The number of rotatable bonds is 9. The second-order valence-electron chi connectivity index (χ2n) is 4.81. The number of unbranched alkanes of at least 4 members (excludes halogenated alkanes) is 1. The normalized spacial score (nSPS) is 10.6. The largest absolute Gasteiger partial charge is 0.478 e. The molecule has 0 radical (unpaired) electrons. The van der Waals surface area contributed by atoms with Crippen LogP contribution in [0.1, 0.15) is 32.3 Å². The lowest BCUT2D eigenvalue weighted by Gasteiger charge is -2.09. The molecule has 100 valence electrons. The van der Waals surface area contributed by atoms with Gasteiger partial charge in [-0.25, -0.2) is 4.98 Å². The molecule has 1 heterocycles. The van der Waals surface area contributed by atoms with Gasteiger partial charge in [-0.05, 0) is 36.9 Å². The van der Waals surface area contributed by atoms with E-state index in [2.05, 4.69) is 30.7 Å². The van der Waals surface area contributed by atoms with Gasteiger partial charge in [0.15, 0.2) is 0 Å². The third-order valence-electron chi connectivity index (χ3n) is 2.48. The van der Waals surface area contributed by atoms with E-state index < -0.39 is 0 Å². The van der Waals surface area contributed by atoms with E-state index in [1.54, 1.807) is 6.20 Å². The summed E-state index contributed by atoms with van der Waals surface area (Å²) < 4.78 is 5.59. The van der Waals surface area contributed by atoms with Crippen LogP contribution in [0.5, 0.6) is 5.88 Å². The summed E-state index contributed by atoms with van der Waals surface area (Å²) in [6.45, 7) is 10.7. The highest BCUT2D eigenvalue weighted by atomic mass is 16.5. The maximum absolute atomic E-state index is 5.59. The number of nitrogens with one attached hydrogen (secondary N) is 1. The van der Waals surface area contributed by atoms with Crippen molar-refractivity contribution in [3.05, 3.63) is 36.5 Å². The van der Waals surface area contributed by atoms with Crippen molar-refractivity contribution >= 4 is 0 Å². The summed E-state index contributed by atoms with van der Waals surface area (Å²) in [6.07, 6.45) is 5.68. The second kappa shape index (κ2) is 8.70. The molecule has 1 rings (SSSR count). The maximum atomic E-state index is 5.59. The van der Waals surface area contributed by atoms with E-state index in [4.69, 9.17) is 4.74 Å². The van der Waals surface area contributed by atoms with E-state index in [0.717, 1.165) is 25.9 Å². The zero-order chi connectivity index (χ0) is 13.2. The number of hydrogen-bond acceptors (Lipinski definition) is 3. The van der Waals surface area contributed by atoms with E-state index >= 15 is 0 Å². The van der Waals surface area contributed by atoms with Gasteiger partial charge in [-0.1, -0.05) is 19.9 Å². The van der Waals surface area contributed by atoms with Crippen molar-refractivity contribution in [1.82, 2.24) is 10.3 Å². The summed E-state index contributed by atoms with van der Waals surface area (Å²) in [4.78, 5) is 4.20. The van der Waals surface area contributed by atoms with E-state index in [1.807, 2.05) is 18.2 Å². The molecule has 0 aliphatic carbocycles. The lowest BCUT2D eigenvalue weighted by atomic mass is 10.2. The van der Waals surface area contributed by atoms with Crippen LogP contribution in [0.25, 0.3) is 0 Å². The summed E-state index contributed by atoms with van der Waals surface area (Å²) in [5.74, 6) is 1.38. The molecule has 0 spiro atoms. The van der Waals surface area contributed by atoms with Crippen LogP contribution in [0.4, 0.5) is 0 Å². The van der Waals surface area contributed by atoms with Crippen LogP contribution in [0.15, 0.2) is 31.0 Å². The quantitative estimate of drug-likeness (QED) is 0.538. The summed E-state index contributed by atoms with van der Waals surface area (Å²) in [6, 6.07) is 4.02. The third kappa shape index (κ3) is 6.40. The van der Waals surface area contributed by atoms with Crippen molar-refractivity contribution in [3.8, 4) is 5.88 Å². The molecule has 0 aliphatic rings. The van der Waals surface area contributed by atoms with Gasteiger partial charge in [-0.15, -0.1) is 6.58 Å². The molecule has 0 amide bonds. The number of allylic oxidation sites excluding steroid dienone is 1. The molecule has 0 unspecified atom stereocenters. The predicted octanol–water partition coefficient (Wildman–Crippen LogP) is 3.17. The number of aromatic nitrogens is 1. The highest BCUT2D eigenvalue weighted by molar-refractivity contribution is 5.20. The average molecular weight is 248 g/mol. The first-order valence-electron chi connectivity index (χ1n) is 6.61. The third-order valence-corrected chi connectivity index (χ3v) is 2.48. The van der Waals surface area contributed by atoms with Crippen molar-refractivity contribution in [1.29, 1.82) is 0 Å². The van der Waals surface area contributed by atoms with Crippen molar-refractivity contribution < 1.29 is 4.74 Å². The molecule has 1 N–H and O–H groups in total. The number of ether oxygens (including phenoxy) is 1. The average Bonchev–Trinajstić information content (AvgIpc) is 2.35. The van der Waals surface area contributed by atoms with Crippen LogP contribution in [-0.2, 0) is 6.54 Å². The minimum Gasteiger partial charge on any atom is -0.478 e. The zero-order valence-corrected chi connectivity index (χ0v) is 11.5. The Labute approximate surface area is 110 Å². The standard InChI is InChI=1S/C15H24N2O/c1-4-5-6-9-18-15-10-14(7-8-17-15)12-16-11-13(2)3/h4,7-8,10,13,16H,1,5-6,9,11-12H2,2-3H3. The van der Waals surface area contributed by atoms with E-state index in [0.29, 0.717) is 18.4 Å². The minimum absolute atomic E-state index is 0.668. The Morgan fingerprint density at radius 2 is 2.33 bits per heavy atom. The molecule has 1 aromatic heterocycles. The van der Waals surface area contributed by atoms with Gasteiger partial charge in [0.05, 0.1) is 6.61 Å². The molecule has 3 nitrogen and oxygen atoms in total. The molecule has 0 fully saturated rings. The Morgan fingerprint density at radius 3 is 3.06 bits per heavy atom. The first-order valence-corrected chi connectivity index (χ1v) is 6.61. The molecule has 18 heavy (non-hydrogen) atoms. The molecule has 0 aliphatic heterocycles. The van der Waals surface area contributed by atoms with Gasteiger partial charge in [-0.2, -0.15) is 0 Å². The van der Waals surface area contributed by atoms with Crippen molar-refractivity contribution in [2.45, 2.75) is 33.2 Å². The van der Waals surface area contributed by atoms with E-state index in [-0.39, 0.29) is 0 Å². The topological polar surface area (TPSA) is 34.1 Å². The molecular formula is C15H24N2O. The van der Waals surface area contributed by atoms with Crippen LogP contribution in [0.2, 0.25) is 0 Å². The van der Waals surface area contributed by atoms with Crippen LogP contribution in [0, 0.1) is 5.92 Å². The number of hydrogen-bond donors (Lipinski definition) is 1. The number of nitrogens with zero attached hydrogens (tertiary/aromatic N) is 1. The van der Waals surface area contributed by atoms with Gasteiger partial charge in [0, 0.05) is 18.8 Å². The molecule has 0 aromatic carbocycles. The fourth-order valence-corrected chi connectivity index (χ4v) is 1.55. The Bertz CT molecular complexity index is 350. The summed E-state index contributed by atoms with van der Waals surface area (Å²) >= 11 is 0. The lowest BCUT2D eigenvalue weighted by Crippen LogP contribution is -2.19. The molecule has 0 saturated heterocycles. The Kier molecular flexibility index (Phi) is 7.11. The Balaban J connectivity index is 2.34.